The van der Waals surface area contributed by atoms with Crippen LogP contribution in [0.5, 0.6) is 0 Å². The maximum atomic E-state index is 6.38. The van der Waals surface area contributed by atoms with Gasteiger partial charge in [0, 0.05) is 6.54 Å². The first-order chi connectivity index (χ1) is 9.72. The van der Waals surface area contributed by atoms with E-state index in [-0.39, 0.29) is 6.04 Å². The van der Waals surface area contributed by atoms with E-state index < -0.39 is 0 Å². The number of fused-ring (bicyclic) bond motifs is 1. The van der Waals surface area contributed by atoms with Gasteiger partial charge in [0.25, 0.3) is 0 Å². The van der Waals surface area contributed by atoms with Gasteiger partial charge in [-0.25, -0.2) is 4.98 Å². The van der Waals surface area contributed by atoms with E-state index >= 15 is 0 Å². The molecule has 20 heavy (non-hydrogen) atoms. The van der Waals surface area contributed by atoms with Crippen LogP contribution in [0.3, 0.4) is 0 Å². The van der Waals surface area contributed by atoms with E-state index in [0.29, 0.717) is 5.02 Å². The van der Waals surface area contributed by atoms with Crippen LogP contribution in [-0.2, 0) is 6.54 Å². The summed E-state index contributed by atoms with van der Waals surface area (Å²) in [5, 5.41) is 0.711. The first-order valence-electron chi connectivity index (χ1n) is 6.67. The Kier molecular flexibility index (Phi) is 3.47. The molecule has 0 aliphatic carbocycles. The summed E-state index contributed by atoms with van der Waals surface area (Å²) in [6.45, 7) is 2.86. The van der Waals surface area contributed by atoms with Crippen LogP contribution in [0.2, 0.25) is 5.02 Å². The summed E-state index contributed by atoms with van der Waals surface area (Å²) >= 11 is 6.30. The second-order valence-electron chi connectivity index (χ2n) is 4.71. The van der Waals surface area contributed by atoms with Gasteiger partial charge in [-0.3, -0.25) is 0 Å². The third-order valence-electron chi connectivity index (χ3n) is 3.50. The Morgan fingerprint density at radius 2 is 1.90 bits per heavy atom. The van der Waals surface area contributed by atoms with Crippen molar-refractivity contribution in [1.82, 2.24) is 9.55 Å². The highest BCUT2D eigenvalue weighted by atomic mass is 35.5. The minimum Gasteiger partial charge on any atom is -0.325 e. The molecule has 4 heteroatoms. The molecule has 2 aromatic carbocycles. The van der Waals surface area contributed by atoms with Gasteiger partial charge in [0.05, 0.1) is 22.1 Å². The van der Waals surface area contributed by atoms with E-state index in [9.17, 15) is 0 Å². The van der Waals surface area contributed by atoms with E-state index in [1.54, 1.807) is 0 Å². The van der Waals surface area contributed by atoms with Crippen molar-refractivity contribution in [3.63, 3.8) is 0 Å². The predicted octanol–water partition coefficient (Wildman–Crippen LogP) is 3.76. The largest absolute Gasteiger partial charge is 0.325 e. The van der Waals surface area contributed by atoms with Gasteiger partial charge in [0.2, 0.25) is 0 Å². The summed E-state index contributed by atoms with van der Waals surface area (Å²) in [7, 11) is 0. The number of aryl methyl sites for hydroxylation is 1. The molecule has 0 spiro atoms. The number of benzene rings is 2. The molecule has 0 aliphatic heterocycles. The minimum absolute atomic E-state index is 0.250. The lowest BCUT2D eigenvalue weighted by Gasteiger charge is -2.14. The number of nitrogens with zero attached hydrogens (tertiary/aromatic N) is 2. The SMILES string of the molecule is CCn1c(C(N)c2ccccc2)nc2cccc(Cl)c21. The van der Waals surface area contributed by atoms with Crippen LogP contribution in [0.4, 0.5) is 0 Å². The topological polar surface area (TPSA) is 43.8 Å². The average molecular weight is 286 g/mol. The molecule has 0 aliphatic rings. The van der Waals surface area contributed by atoms with Crippen molar-refractivity contribution in [1.29, 1.82) is 0 Å². The number of hydrogen-bond donors (Lipinski definition) is 1. The van der Waals surface area contributed by atoms with Crippen LogP contribution in [0.1, 0.15) is 24.4 Å². The Hall–Kier alpha value is -1.84. The number of halogens is 1. The molecular weight excluding hydrogens is 270 g/mol. The fourth-order valence-corrected chi connectivity index (χ4v) is 2.80. The first kappa shape index (κ1) is 13.2. The summed E-state index contributed by atoms with van der Waals surface area (Å²) in [4.78, 5) is 4.67. The van der Waals surface area contributed by atoms with Crippen LogP contribution in [0.25, 0.3) is 11.0 Å². The van der Waals surface area contributed by atoms with Gasteiger partial charge in [-0.05, 0) is 24.6 Å². The summed E-state index contributed by atoms with van der Waals surface area (Å²) in [6.07, 6.45) is 0. The van der Waals surface area contributed by atoms with E-state index in [2.05, 4.69) is 16.5 Å². The molecule has 0 bridgehead atoms. The van der Waals surface area contributed by atoms with Crippen LogP contribution >= 0.6 is 11.6 Å². The van der Waals surface area contributed by atoms with Crippen molar-refractivity contribution in [2.24, 2.45) is 5.73 Å². The number of aromatic nitrogens is 2. The molecule has 1 unspecified atom stereocenters. The van der Waals surface area contributed by atoms with Crippen molar-refractivity contribution < 1.29 is 0 Å². The Labute approximate surface area is 123 Å². The highest BCUT2D eigenvalue weighted by Crippen LogP contribution is 2.28. The van der Waals surface area contributed by atoms with Gasteiger partial charge in [0.1, 0.15) is 5.82 Å². The molecule has 0 fully saturated rings. The van der Waals surface area contributed by atoms with Gasteiger partial charge in [-0.15, -0.1) is 0 Å². The number of imidazole rings is 1. The maximum absolute atomic E-state index is 6.38. The predicted molar refractivity (Wildman–Crippen MR) is 82.9 cm³/mol. The fourth-order valence-electron chi connectivity index (χ4n) is 2.53. The number of hydrogen-bond acceptors (Lipinski definition) is 2. The molecule has 3 rings (SSSR count). The molecule has 3 nitrogen and oxygen atoms in total. The third-order valence-corrected chi connectivity index (χ3v) is 3.81. The molecular formula is C16H16ClN3. The van der Waals surface area contributed by atoms with Crippen molar-refractivity contribution in [3.8, 4) is 0 Å². The smallest absolute Gasteiger partial charge is 0.131 e. The second kappa shape index (κ2) is 5.27. The highest BCUT2D eigenvalue weighted by molar-refractivity contribution is 6.35. The zero-order chi connectivity index (χ0) is 14.1. The average Bonchev–Trinajstić information content (AvgIpc) is 2.87. The highest BCUT2D eigenvalue weighted by Gasteiger charge is 2.18. The van der Waals surface area contributed by atoms with E-state index in [0.717, 1.165) is 29.0 Å². The van der Waals surface area contributed by atoms with E-state index in [1.807, 2.05) is 48.5 Å². The van der Waals surface area contributed by atoms with Crippen molar-refractivity contribution >= 4 is 22.6 Å². The summed E-state index contributed by atoms with van der Waals surface area (Å²) in [5.41, 5.74) is 9.28. The van der Waals surface area contributed by atoms with Gasteiger partial charge in [0.15, 0.2) is 0 Å². The molecule has 3 aromatic rings. The number of para-hydroxylation sites is 1. The third kappa shape index (κ3) is 2.09. The van der Waals surface area contributed by atoms with Gasteiger partial charge in [-0.2, -0.15) is 0 Å². The quantitative estimate of drug-likeness (QED) is 0.796. The van der Waals surface area contributed by atoms with Crippen molar-refractivity contribution in [2.75, 3.05) is 0 Å². The molecule has 1 atom stereocenters. The first-order valence-corrected chi connectivity index (χ1v) is 7.05. The monoisotopic (exact) mass is 285 g/mol. The Balaban J connectivity index is 2.19. The van der Waals surface area contributed by atoms with Gasteiger partial charge < -0.3 is 10.3 Å². The number of nitrogens with two attached hydrogens (primary N) is 1. The lowest BCUT2D eigenvalue weighted by Crippen LogP contribution is -2.17. The van der Waals surface area contributed by atoms with Crippen LogP contribution in [0.15, 0.2) is 48.5 Å². The molecule has 1 heterocycles. The summed E-state index contributed by atoms with van der Waals surface area (Å²) in [6, 6.07) is 15.5. The van der Waals surface area contributed by atoms with E-state index in [4.69, 9.17) is 17.3 Å². The molecule has 102 valence electrons. The molecule has 0 amide bonds. The fraction of sp³-hybridized carbons (Fsp3) is 0.188. The van der Waals surface area contributed by atoms with Crippen LogP contribution < -0.4 is 5.73 Å². The van der Waals surface area contributed by atoms with Gasteiger partial charge in [-0.1, -0.05) is 48.0 Å². The zero-order valence-corrected chi connectivity index (χ0v) is 12.0. The molecule has 0 radical (unpaired) electrons. The van der Waals surface area contributed by atoms with E-state index in [1.165, 1.54) is 0 Å². The minimum atomic E-state index is -0.250. The number of rotatable bonds is 3. The maximum Gasteiger partial charge on any atom is 0.131 e. The second-order valence-corrected chi connectivity index (χ2v) is 5.12. The van der Waals surface area contributed by atoms with Crippen molar-refractivity contribution in [2.45, 2.75) is 19.5 Å². The van der Waals surface area contributed by atoms with Crippen LogP contribution in [-0.4, -0.2) is 9.55 Å². The summed E-state index contributed by atoms with van der Waals surface area (Å²) in [5.74, 6) is 0.849. The summed E-state index contributed by atoms with van der Waals surface area (Å²) < 4.78 is 2.09. The molecule has 2 N–H and O–H groups in total. The van der Waals surface area contributed by atoms with Crippen molar-refractivity contribution in [3.05, 3.63) is 64.9 Å². The Bertz CT molecular complexity index is 734. The molecule has 0 saturated heterocycles. The van der Waals surface area contributed by atoms with Gasteiger partial charge >= 0.3 is 0 Å². The Morgan fingerprint density at radius 1 is 1.15 bits per heavy atom. The normalized spacial score (nSPS) is 12.8. The lowest BCUT2D eigenvalue weighted by molar-refractivity contribution is 0.671. The molecule has 0 saturated carbocycles. The molecule has 1 aromatic heterocycles. The standard InChI is InChI=1S/C16H16ClN3/c1-2-20-15-12(17)9-6-10-13(15)19-16(20)14(18)11-7-4-3-5-8-11/h3-10,14H,2,18H2,1H3. The zero-order valence-electron chi connectivity index (χ0n) is 11.3. The van der Waals surface area contributed by atoms with Crippen LogP contribution in [0, 0.1) is 0 Å². The lowest BCUT2D eigenvalue weighted by atomic mass is 10.1. The Morgan fingerprint density at radius 3 is 2.60 bits per heavy atom.